The topological polar surface area (TPSA) is 70.7 Å². The minimum Gasteiger partial charge on any atom is -0.356 e. The molecule has 0 spiro atoms. The molecule has 138 valence electrons. The van der Waals surface area contributed by atoms with E-state index in [0.29, 0.717) is 18.2 Å². The molecule has 0 bridgehead atoms. The fraction of sp³-hybridized carbons (Fsp3) is 0.375. The third-order valence-corrected chi connectivity index (χ3v) is 3.64. The van der Waals surface area contributed by atoms with E-state index < -0.39 is 12.3 Å². The summed E-state index contributed by atoms with van der Waals surface area (Å²) in [5.74, 6) is 0.756. The molecule has 2 aromatic heterocycles. The number of alkyl halides is 3. The standard InChI is InChI=1S/C16H17F3N6O/c1-2-25-14(22-13(23-25)8-24-11-20-10-21-24)9-26-15(16(17,18)19)12-6-4-3-5-7-12/h3-7,10-11,15H,2,8-9H2,1H3/t15-/m1/s1. The number of rotatable bonds is 7. The molecule has 3 aromatic rings. The van der Waals surface area contributed by atoms with Crippen LogP contribution in [0, 0.1) is 0 Å². The lowest BCUT2D eigenvalue weighted by Gasteiger charge is -2.21. The number of aromatic nitrogens is 6. The first-order chi connectivity index (χ1) is 12.5. The lowest BCUT2D eigenvalue weighted by molar-refractivity contribution is -0.228. The number of hydrogen-bond acceptors (Lipinski definition) is 5. The number of halogens is 3. The molecule has 0 aliphatic rings. The molecule has 0 saturated carbocycles. The van der Waals surface area contributed by atoms with Gasteiger partial charge < -0.3 is 4.74 Å². The second-order valence-corrected chi connectivity index (χ2v) is 5.50. The molecular weight excluding hydrogens is 349 g/mol. The Morgan fingerprint density at radius 3 is 2.58 bits per heavy atom. The van der Waals surface area contributed by atoms with Crippen LogP contribution < -0.4 is 0 Å². The third kappa shape index (κ3) is 4.26. The average Bonchev–Trinajstić information content (AvgIpc) is 3.25. The zero-order valence-electron chi connectivity index (χ0n) is 14.0. The smallest absolute Gasteiger partial charge is 0.356 e. The molecule has 0 radical (unpaired) electrons. The Morgan fingerprint density at radius 1 is 1.19 bits per heavy atom. The Morgan fingerprint density at radius 2 is 1.96 bits per heavy atom. The van der Waals surface area contributed by atoms with E-state index in [1.54, 1.807) is 18.2 Å². The van der Waals surface area contributed by atoms with Crippen molar-refractivity contribution in [3.05, 3.63) is 60.2 Å². The van der Waals surface area contributed by atoms with Gasteiger partial charge in [-0.1, -0.05) is 30.3 Å². The largest absolute Gasteiger partial charge is 0.418 e. The van der Waals surface area contributed by atoms with Crippen molar-refractivity contribution < 1.29 is 17.9 Å². The molecule has 0 amide bonds. The quantitative estimate of drug-likeness (QED) is 0.643. The maximum absolute atomic E-state index is 13.4. The molecule has 26 heavy (non-hydrogen) atoms. The molecule has 0 N–H and O–H groups in total. The summed E-state index contributed by atoms with van der Waals surface area (Å²) >= 11 is 0. The van der Waals surface area contributed by atoms with E-state index in [4.69, 9.17) is 4.74 Å². The molecule has 7 nitrogen and oxygen atoms in total. The van der Waals surface area contributed by atoms with E-state index in [1.165, 1.54) is 34.2 Å². The van der Waals surface area contributed by atoms with Gasteiger partial charge in [0.2, 0.25) is 0 Å². The highest BCUT2D eigenvalue weighted by Crippen LogP contribution is 2.36. The van der Waals surface area contributed by atoms with Crippen molar-refractivity contribution in [2.75, 3.05) is 0 Å². The first kappa shape index (κ1) is 18.1. The van der Waals surface area contributed by atoms with Crippen molar-refractivity contribution in [1.82, 2.24) is 29.5 Å². The molecule has 0 unspecified atom stereocenters. The van der Waals surface area contributed by atoms with Gasteiger partial charge in [0, 0.05) is 6.54 Å². The van der Waals surface area contributed by atoms with Gasteiger partial charge in [0.15, 0.2) is 17.8 Å². The van der Waals surface area contributed by atoms with E-state index in [0.717, 1.165) is 0 Å². The number of ether oxygens (including phenoxy) is 1. The summed E-state index contributed by atoms with van der Waals surface area (Å²) in [6, 6.07) is 7.52. The normalized spacial score (nSPS) is 13.1. The molecule has 1 aromatic carbocycles. The van der Waals surface area contributed by atoms with Gasteiger partial charge in [0.25, 0.3) is 0 Å². The van der Waals surface area contributed by atoms with E-state index in [1.807, 2.05) is 6.92 Å². The van der Waals surface area contributed by atoms with Crippen LogP contribution in [0.2, 0.25) is 0 Å². The molecule has 0 aliphatic carbocycles. The van der Waals surface area contributed by atoms with E-state index in [9.17, 15) is 13.2 Å². The Hall–Kier alpha value is -2.75. The summed E-state index contributed by atoms with van der Waals surface area (Å²) in [5.41, 5.74) is 0.0467. The summed E-state index contributed by atoms with van der Waals surface area (Å²) in [6.07, 6.45) is -3.65. The Bertz CT molecular complexity index is 816. The van der Waals surface area contributed by atoms with Gasteiger partial charge in [-0.15, -0.1) is 0 Å². The monoisotopic (exact) mass is 366 g/mol. The number of nitrogens with zero attached hydrogens (tertiary/aromatic N) is 6. The van der Waals surface area contributed by atoms with Crippen LogP contribution in [-0.4, -0.2) is 35.7 Å². The number of aryl methyl sites for hydroxylation is 1. The highest BCUT2D eigenvalue weighted by molar-refractivity contribution is 5.19. The van der Waals surface area contributed by atoms with Crippen LogP contribution in [0.5, 0.6) is 0 Å². The van der Waals surface area contributed by atoms with Crippen molar-refractivity contribution >= 4 is 0 Å². The minimum atomic E-state index is -4.53. The van der Waals surface area contributed by atoms with Crippen molar-refractivity contribution in [2.24, 2.45) is 0 Å². The van der Waals surface area contributed by atoms with Gasteiger partial charge >= 0.3 is 6.18 Å². The van der Waals surface area contributed by atoms with E-state index >= 15 is 0 Å². The molecule has 0 aliphatic heterocycles. The maximum atomic E-state index is 13.4. The molecule has 2 heterocycles. The summed E-state index contributed by atoms with van der Waals surface area (Å²) in [7, 11) is 0. The van der Waals surface area contributed by atoms with Gasteiger partial charge in [0.1, 0.15) is 25.8 Å². The Labute approximate surface area is 147 Å². The zero-order valence-corrected chi connectivity index (χ0v) is 14.0. The van der Waals surface area contributed by atoms with Crippen LogP contribution in [0.15, 0.2) is 43.0 Å². The predicted octanol–water partition coefficient (Wildman–Crippen LogP) is 2.76. The molecular formula is C16H17F3N6O. The highest BCUT2D eigenvalue weighted by Gasteiger charge is 2.42. The molecule has 0 fully saturated rings. The van der Waals surface area contributed by atoms with Crippen molar-refractivity contribution in [3.63, 3.8) is 0 Å². The summed E-state index contributed by atoms with van der Waals surface area (Å²) < 4.78 is 48.3. The maximum Gasteiger partial charge on any atom is 0.418 e. The first-order valence-electron chi connectivity index (χ1n) is 7.95. The lowest BCUT2D eigenvalue weighted by atomic mass is 10.1. The summed E-state index contributed by atoms with van der Waals surface area (Å²) in [4.78, 5) is 8.10. The molecule has 10 heteroatoms. The van der Waals surface area contributed by atoms with Crippen LogP contribution in [0.4, 0.5) is 13.2 Å². The Balaban J connectivity index is 1.75. The van der Waals surface area contributed by atoms with Crippen molar-refractivity contribution in [1.29, 1.82) is 0 Å². The fourth-order valence-electron chi connectivity index (χ4n) is 2.48. The van der Waals surface area contributed by atoms with Crippen LogP contribution in [0.1, 0.15) is 30.2 Å². The van der Waals surface area contributed by atoms with E-state index in [2.05, 4.69) is 20.2 Å². The van der Waals surface area contributed by atoms with E-state index in [-0.39, 0.29) is 18.7 Å². The second kappa shape index (κ2) is 7.65. The van der Waals surface area contributed by atoms with Gasteiger partial charge in [0.05, 0.1) is 0 Å². The van der Waals surface area contributed by atoms with Crippen molar-refractivity contribution in [3.8, 4) is 0 Å². The second-order valence-electron chi connectivity index (χ2n) is 5.50. The zero-order chi connectivity index (χ0) is 18.6. The van der Waals surface area contributed by atoms with Gasteiger partial charge in [-0.3, -0.25) is 0 Å². The fourth-order valence-corrected chi connectivity index (χ4v) is 2.48. The number of hydrogen-bond donors (Lipinski definition) is 0. The average molecular weight is 366 g/mol. The summed E-state index contributed by atoms with van der Waals surface area (Å²) in [5, 5.41) is 8.23. The van der Waals surface area contributed by atoms with Crippen LogP contribution >= 0.6 is 0 Å². The first-order valence-corrected chi connectivity index (χ1v) is 7.95. The lowest BCUT2D eigenvalue weighted by Crippen LogP contribution is -2.24. The summed E-state index contributed by atoms with van der Waals surface area (Å²) in [6.45, 7) is 2.26. The highest BCUT2D eigenvalue weighted by atomic mass is 19.4. The number of benzene rings is 1. The molecule has 3 rings (SSSR count). The molecule has 0 saturated heterocycles. The van der Waals surface area contributed by atoms with Gasteiger partial charge in [-0.2, -0.15) is 23.4 Å². The van der Waals surface area contributed by atoms with Crippen LogP contribution in [-0.2, 0) is 24.4 Å². The Kier molecular flexibility index (Phi) is 5.31. The van der Waals surface area contributed by atoms with Gasteiger partial charge in [-0.05, 0) is 12.5 Å². The van der Waals surface area contributed by atoms with Crippen molar-refractivity contribution in [2.45, 2.75) is 38.9 Å². The van der Waals surface area contributed by atoms with Gasteiger partial charge in [-0.25, -0.2) is 19.3 Å². The van der Waals surface area contributed by atoms with Crippen LogP contribution in [0.25, 0.3) is 0 Å². The minimum absolute atomic E-state index is 0.0467. The van der Waals surface area contributed by atoms with Crippen LogP contribution in [0.3, 0.4) is 0 Å². The molecule has 1 atom stereocenters. The predicted molar refractivity (Wildman–Crippen MR) is 84.8 cm³/mol. The SMILES string of the molecule is CCn1nc(Cn2cncn2)nc1CO[C@H](c1ccccc1)C(F)(F)F. The third-order valence-electron chi connectivity index (χ3n) is 3.64.